The van der Waals surface area contributed by atoms with Crippen molar-refractivity contribution < 1.29 is 14.2 Å². The van der Waals surface area contributed by atoms with Gasteiger partial charge in [0.1, 0.15) is 0 Å². The second-order valence-corrected chi connectivity index (χ2v) is 4.03. The number of hydrogen-bond acceptors (Lipinski definition) is 3. The molecule has 0 bridgehead atoms. The van der Waals surface area contributed by atoms with E-state index in [0.717, 1.165) is 12.5 Å². The highest BCUT2D eigenvalue weighted by Crippen LogP contribution is 2.24. The molecule has 0 aliphatic heterocycles. The van der Waals surface area contributed by atoms with Gasteiger partial charge in [0, 0.05) is 19.8 Å². The molecule has 3 heteroatoms. The molecule has 0 radical (unpaired) electrons. The summed E-state index contributed by atoms with van der Waals surface area (Å²) >= 11 is 0. The van der Waals surface area contributed by atoms with Gasteiger partial charge in [-0.05, 0) is 32.6 Å². The fourth-order valence-corrected chi connectivity index (χ4v) is 2.02. The Morgan fingerprint density at radius 2 is 1.67 bits per heavy atom. The molecule has 3 nitrogen and oxygen atoms in total. The standard InChI is InChI=1S/C12H24O3/c1-3-14-12(15-4-2)10-13-9-11-7-5-6-8-11/h11-12H,3-10H2,1-2H3. The fourth-order valence-electron chi connectivity index (χ4n) is 2.02. The summed E-state index contributed by atoms with van der Waals surface area (Å²) in [7, 11) is 0. The lowest BCUT2D eigenvalue weighted by Crippen LogP contribution is -2.24. The Hall–Kier alpha value is -0.120. The molecule has 0 spiro atoms. The topological polar surface area (TPSA) is 27.7 Å². The van der Waals surface area contributed by atoms with Crippen molar-refractivity contribution in [3.05, 3.63) is 0 Å². The highest BCUT2D eigenvalue weighted by molar-refractivity contribution is 4.66. The molecule has 15 heavy (non-hydrogen) atoms. The molecule has 0 amide bonds. The quantitative estimate of drug-likeness (QED) is 0.584. The number of ether oxygens (including phenoxy) is 3. The van der Waals surface area contributed by atoms with Crippen molar-refractivity contribution in [3.8, 4) is 0 Å². The smallest absolute Gasteiger partial charge is 0.180 e. The maximum Gasteiger partial charge on any atom is 0.180 e. The minimum absolute atomic E-state index is 0.179. The van der Waals surface area contributed by atoms with Gasteiger partial charge in [0.2, 0.25) is 0 Å². The largest absolute Gasteiger partial charge is 0.376 e. The minimum Gasteiger partial charge on any atom is -0.376 e. The van der Waals surface area contributed by atoms with Crippen LogP contribution in [0.4, 0.5) is 0 Å². The van der Waals surface area contributed by atoms with Crippen molar-refractivity contribution in [2.75, 3.05) is 26.4 Å². The van der Waals surface area contributed by atoms with Crippen molar-refractivity contribution in [2.45, 2.75) is 45.8 Å². The molecule has 0 aromatic carbocycles. The molecular weight excluding hydrogens is 192 g/mol. The average molecular weight is 216 g/mol. The van der Waals surface area contributed by atoms with Crippen LogP contribution in [0.1, 0.15) is 39.5 Å². The van der Waals surface area contributed by atoms with Crippen LogP contribution in [0, 0.1) is 5.92 Å². The molecule has 1 aliphatic rings. The molecule has 0 aromatic heterocycles. The Morgan fingerprint density at radius 3 is 2.20 bits per heavy atom. The van der Waals surface area contributed by atoms with Crippen molar-refractivity contribution in [1.82, 2.24) is 0 Å². The first-order chi connectivity index (χ1) is 7.36. The third kappa shape index (κ3) is 5.50. The van der Waals surface area contributed by atoms with E-state index in [4.69, 9.17) is 14.2 Å². The Morgan fingerprint density at radius 1 is 1.07 bits per heavy atom. The maximum absolute atomic E-state index is 5.63. The lowest BCUT2D eigenvalue weighted by atomic mass is 10.1. The van der Waals surface area contributed by atoms with Gasteiger partial charge in [0.25, 0.3) is 0 Å². The normalized spacial score (nSPS) is 17.8. The van der Waals surface area contributed by atoms with Gasteiger partial charge in [-0.2, -0.15) is 0 Å². The van der Waals surface area contributed by atoms with E-state index < -0.39 is 0 Å². The summed E-state index contributed by atoms with van der Waals surface area (Å²) in [5, 5.41) is 0. The van der Waals surface area contributed by atoms with E-state index >= 15 is 0 Å². The summed E-state index contributed by atoms with van der Waals surface area (Å²) < 4.78 is 16.4. The van der Waals surface area contributed by atoms with Crippen molar-refractivity contribution >= 4 is 0 Å². The maximum atomic E-state index is 5.63. The first kappa shape index (κ1) is 12.9. The van der Waals surface area contributed by atoms with E-state index in [9.17, 15) is 0 Å². The summed E-state index contributed by atoms with van der Waals surface area (Å²) in [4.78, 5) is 0. The third-order valence-corrected chi connectivity index (χ3v) is 2.79. The monoisotopic (exact) mass is 216 g/mol. The SMILES string of the molecule is CCOC(COCC1CCCC1)OCC. The summed E-state index contributed by atoms with van der Waals surface area (Å²) in [6.07, 6.45) is 5.21. The molecule has 0 N–H and O–H groups in total. The predicted molar refractivity (Wildman–Crippen MR) is 59.8 cm³/mol. The summed E-state index contributed by atoms with van der Waals surface area (Å²) in [5.74, 6) is 0.772. The highest BCUT2D eigenvalue weighted by atomic mass is 16.7. The van der Waals surface area contributed by atoms with Gasteiger partial charge in [-0.25, -0.2) is 0 Å². The van der Waals surface area contributed by atoms with Crippen molar-refractivity contribution in [1.29, 1.82) is 0 Å². The predicted octanol–water partition coefficient (Wildman–Crippen LogP) is 2.59. The van der Waals surface area contributed by atoms with E-state index in [-0.39, 0.29) is 6.29 Å². The van der Waals surface area contributed by atoms with E-state index in [1.54, 1.807) is 0 Å². The van der Waals surface area contributed by atoms with Gasteiger partial charge in [-0.1, -0.05) is 12.8 Å². The second kappa shape index (κ2) is 8.08. The Balaban J connectivity index is 2.04. The molecule has 0 saturated heterocycles. The molecule has 0 atom stereocenters. The number of hydrogen-bond donors (Lipinski definition) is 0. The molecule has 1 aliphatic carbocycles. The van der Waals surface area contributed by atoms with Crippen molar-refractivity contribution in [3.63, 3.8) is 0 Å². The minimum atomic E-state index is -0.179. The zero-order chi connectivity index (χ0) is 10.9. The Labute approximate surface area is 93.1 Å². The first-order valence-corrected chi connectivity index (χ1v) is 6.17. The lowest BCUT2D eigenvalue weighted by Gasteiger charge is -2.18. The van der Waals surface area contributed by atoms with Crippen LogP contribution >= 0.6 is 0 Å². The highest BCUT2D eigenvalue weighted by Gasteiger charge is 2.16. The third-order valence-electron chi connectivity index (χ3n) is 2.79. The molecular formula is C12H24O3. The van der Waals surface area contributed by atoms with Crippen LogP contribution in [-0.4, -0.2) is 32.7 Å². The van der Waals surface area contributed by atoms with Crippen LogP contribution in [0.2, 0.25) is 0 Å². The summed E-state index contributed by atoms with van der Waals surface area (Å²) in [5.41, 5.74) is 0. The second-order valence-electron chi connectivity index (χ2n) is 4.03. The van der Waals surface area contributed by atoms with Gasteiger partial charge in [-0.15, -0.1) is 0 Å². The summed E-state index contributed by atoms with van der Waals surface area (Å²) in [6.45, 7) is 6.75. The molecule has 0 heterocycles. The van der Waals surface area contributed by atoms with E-state index in [1.165, 1.54) is 25.7 Å². The molecule has 90 valence electrons. The summed E-state index contributed by atoms with van der Waals surface area (Å²) in [6, 6.07) is 0. The van der Waals surface area contributed by atoms with Crippen LogP contribution < -0.4 is 0 Å². The van der Waals surface area contributed by atoms with E-state index in [1.807, 2.05) is 13.8 Å². The molecule has 0 aromatic rings. The van der Waals surface area contributed by atoms with Crippen LogP contribution in [0.5, 0.6) is 0 Å². The molecule has 1 rings (SSSR count). The Bertz CT molecular complexity index is 138. The molecule has 1 fully saturated rings. The zero-order valence-electron chi connectivity index (χ0n) is 10.0. The van der Waals surface area contributed by atoms with Crippen LogP contribution in [0.3, 0.4) is 0 Å². The van der Waals surface area contributed by atoms with Gasteiger partial charge >= 0.3 is 0 Å². The average Bonchev–Trinajstić information content (AvgIpc) is 2.71. The Kier molecular flexibility index (Phi) is 6.98. The first-order valence-electron chi connectivity index (χ1n) is 6.17. The van der Waals surface area contributed by atoms with Gasteiger partial charge < -0.3 is 14.2 Å². The van der Waals surface area contributed by atoms with Crippen LogP contribution in [0.25, 0.3) is 0 Å². The van der Waals surface area contributed by atoms with Gasteiger partial charge in [-0.3, -0.25) is 0 Å². The molecule has 1 saturated carbocycles. The van der Waals surface area contributed by atoms with Crippen molar-refractivity contribution in [2.24, 2.45) is 5.92 Å². The van der Waals surface area contributed by atoms with Gasteiger partial charge in [0.15, 0.2) is 6.29 Å². The van der Waals surface area contributed by atoms with Crippen LogP contribution in [0.15, 0.2) is 0 Å². The number of rotatable bonds is 8. The molecule has 0 unspecified atom stereocenters. The lowest BCUT2D eigenvalue weighted by molar-refractivity contribution is -0.169. The zero-order valence-corrected chi connectivity index (χ0v) is 10.0. The van der Waals surface area contributed by atoms with E-state index in [2.05, 4.69) is 0 Å². The van der Waals surface area contributed by atoms with Gasteiger partial charge in [0.05, 0.1) is 6.61 Å². The van der Waals surface area contributed by atoms with Crippen LogP contribution in [-0.2, 0) is 14.2 Å². The van der Waals surface area contributed by atoms with E-state index in [0.29, 0.717) is 19.8 Å². The fraction of sp³-hybridized carbons (Fsp3) is 1.00.